The molecule has 0 radical (unpaired) electrons. The van der Waals surface area contributed by atoms with Crippen molar-refractivity contribution in [3.8, 4) is 0 Å². The van der Waals surface area contributed by atoms with E-state index in [9.17, 15) is 4.79 Å². The van der Waals surface area contributed by atoms with E-state index < -0.39 is 12.3 Å². The topological polar surface area (TPSA) is 110 Å². The fourth-order valence-electron chi connectivity index (χ4n) is 1.65. The zero-order valence-electron chi connectivity index (χ0n) is 9.60. The van der Waals surface area contributed by atoms with Gasteiger partial charge in [0.1, 0.15) is 12.6 Å². The minimum Gasteiger partial charge on any atom is -0.376 e. The number of rotatable bonds is 4. The maximum absolute atomic E-state index is 11.9. The molecule has 7 heteroatoms. The number of hydrogen-bond donors (Lipinski definition) is 3. The summed E-state index contributed by atoms with van der Waals surface area (Å²) in [4.78, 5) is 23.0. The highest BCUT2D eigenvalue weighted by atomic mass is 16.3. The minimum absolute atomic E-state index is 0.0291. The maximum atomic E-state index is 11.9. The summed E-state index contributed by atoms with van der Waals surface area (Å²) >= 11 is 0. The van der Waals surface area contributed by atoms with Gasteiger partial charge in [-0.2, -0.15) is 4.98 Å². The van der Waals surface area contributed by atoms with Gasteiger partial charge in [0.2, 0.25) is 5.95 Å². The Morgan fingerprint density at radius 2 is 2.24 bits per heavy atom. The number of aromatic amines is 1. The number of hydrogen-bond acceptors (Lipinski definition) is 5. The van der Waals surface area contributed by atoms with Gasteiger partial charge in [-0.3, -0.25) is 9.36 Å². The van der Waals surface area contributed by atoms with Crippen LogP contribution in [0.2, 0.25) is 0 Å². The maximum Gasteiger partial charge on any atom is 0.282 e. The number of H-pyrrole nitrogens is 1. The number of anilines is 1. The van der Waals surface area contributed by atoms with Gasteiger partial charge in [0.05, 0.1) is 0 Å². The highest BCUT2D eigenvalue weighted by molar-refractivity contribution is 5.70. The Morgan fingerprint density at radius 3 is 2.88 bits per heavy atom. The summed E-state index contributed by atoms with van der Waals surface area (Å²) < 4.78 is 0.990. The monoisotopic (exact) mass is 237 g/mol. The summed E-state index contributed by atoms with van der Waals surface area (Å²) in [6, 6.07) is 0. The molecule has 0 amide bonds. The summed E-state index contributed by atoms with van der Waals surface area (Å²) in [6.07, 6.45) is 2.81. The molecule has 7 nitrogen and oxygen atoms in total. The molecule has 0 bridgehead atoms. The second-order valence-electron chi connectivity index (χ2n) is 3.83. The standard InChI is InChI=1S/C10H15N5O2/c1-2-3-4-6-12-7-8(13-6)14-10(11)15(5-16)9(7)17/h16H,2-5H2,1H3,(H2,11,14)(H,12,13). The van der Waals surface area contributed by atoms with Crippen molar-refractivity contribution < 1.29 is 5.11 Å². The Morgan fingerprint density at radius 1 is 1.47 bits per heavy atom. The Bertz CT molecular complexity index is 586. The molecule has 2 heterocycles. The lowest BCUT2D eigenvalue weighted by atomic mass is 10.2. The molecule has 0 aliphatic rings. The first kappa shape index (κ1) is 11.6. The van der Waals surface area contributed by atoms with E-state index in [-0.39, 0.29) is 5.95 Å². The van der Waals surface area contributed by atoms with Crippen molar-refractivity contribution in [1.29, 1.82) is 0 Å². The van der Waals surface area contributed by atoms with E-state index in [1.165, 1.54) is 0 Å². The summed E-state index contributed by atoms with van der Waals surface area (Å²) in [5.74, 6) is 0.695. The van der Waals surface area contributed by atoms with Crippen molar-refractivity contribution >= 4 is 17.1 Å². The van der Waals surface area contributed by atoms with Gasteiger partial charge in [0.25, 0.3) is 5.56 Å². The van der Waals surface area contributed by atoms with Gasteiger partial charge in [-0.15, -0.1) is 0 Å². The first-order valence-corrected chi connectivity index (χ1v) is 5.53. The van der Waals surface area contributed by atoms with Crippen LogP contribution in [0.4, 0.5) is 5.95 Å². The Kier molecular flexibility index (Phi) is 3.10. The molecular weight excluding hydrogens is 222 g/mol. The SMILES string of the molecule is CCCCc1nc2nc(N)n(CO)c(=O)c2[nH]1. The number of aliphatic hydroxyl groups excluding tert-OH is 1. The number of nitrogens with two attached hydrogens (primary N) is 1. The van der Waals surface area contributed by atoms with Crippen LogP contribution in [-0.2, 0) is 13.2 Å². The molecule has 4 N–H and O–H groups in total. The summed E-state index contributed by atoms with van der Waals surface area (Å²) in [7, 11) is 0. The lowest BCUT2D eigenvalue weighted by Gasteiger charge is -2.02. The van der Waals surface area contributed by atoms with Crippen LogP contribution in [0.5, 0.6) is 0 Å². The van der Waals surface area contributed by atoms with Crippen LogP contribution in [0, 0.1) is 0 Å². The number of unbranched alkanes of at least 4 members (excludes halogenated alkanes) is 1. The third-order valence-electron chi connectivity index (χ3n) is 2.60. The molecule has 0 fully saturated rings. The highest BCUT2D eigenvalue weighted by Crippen LogP contribution is 2.08. The fourth-order valence-corrected chi connectivity index (χ4v) is 1.65. The predicted octanol–water partition coefficient (Wildman–Crippen LogP) is -0.00580. The summed E-state index contributed by atoms with van der Waals surface area (Å²) in [6.45, 7) is 1.59. The first-order chi connectivity index (χ1) is 8.17. The van der Waals surface area contributed by atoms with Crippen LogP contribution in [-0.4, -0.2) is 24.6 Å². The number of aliphatic hydroxyl groups is 1. The van der Waals surface area contributed by atoms with Crippen LogP contribution < -0.4 is 11.3 Å². The molecule has 0 aliphatic carbocycles. The number of fused-ring (bicyclic) bond motifs is 1. The number of nitrogens with one attached hydrogen (secondary N) is 1. The lowest BCUT2D eigenvalue weighted by molar-refractivity contribution is 0.208. The largest absolute Gasteiger partial charge is 0.376 e. The van der Waals surface area contributed by atoms with Crippen LogP contribution in [0.25, 0.3) is 11.2 Å². The highest BCUT2D eigenvalue weighted by Gasteiger charge is 2.12. The minimum atomic E-state index is -0.489. The van der Waals surface area contributed by atoms with E-state index in [1.807, 2.05) is 0 Å². The molecule has 0 atom stereocenters. The third kappa shape index (κ3) is 2.01. The normalized spacial score (nSPS) is 11.2. The number of nitrogens with zero attached hydrogens (tertiary/aromatic N) is 3. The number of aryl methyl sites for hydroxylation is 1. The zero-order chi connectivity index (χ0) is 12.4. The molecule has 0 unspecified atom stereocenters. The van der Waals surface area contributed by atoms with Crippen molar-refractivity contribution in [2.45, 2.75) is 32.9 Å². The van der Waals surface area contributed by atoms with Crippen LogP contribution in [0.3, 0.4) is 0 Å². The molecule has 17 heavy (non-hydrogen) atoms. The summed E-state index contributed by atoms with van der Waals surface area (Å²) in [5.41, 5.74) is 5.75. The predicted molar refractivity (Wildman–Crippen MR) is 63.4 cm³/mol. The van der Waals surface area contributed by atoms with Gasteiger partial charge in [-0.25, -0.2) is 4.98 Å². The fraction of sp³-hybridized carbons (Fsp3) is 0.500. The van der Waals surface area contributed by atoms with Crippen molar-refractivity contribution in [1.82, 2.24) is 19.5 Å². The van der Waals surface area contributed by atoms with Crippen molar-refractivity contribution in [2.24, 2.45) is 0 Å². The molecule has 2 aromatic heterocycles. The van der Waals surface area contributed by atoms with E-state index in [0.29, 0.717) is 11.2 Å². The van der Waals surface area contributed by atoms with Gasteiger partial charge < -0.3 is 15.8 Å². The van der Waals surface area contributed by atoms with E-state index in [4.69, 9.17) is 10.8 Å². The molecule has 0 aliphatic heterocycles. The zero-order valence-corrected chi connectivity index (χ0v) is 9.60. The van der Waals surface area contributed by atoms with E-state index in [1.54, 1.807) is 0 Å². The van der Waals surface area contributed by atoms with Crippen molar-refractivity contribution in [3.63, 3.8) is 0 Å². The van der Waals surface area contributed by atoms with Crippen molar-refractivity contribution in [2.75, 3.05) is 5.73 Å². The van der Waals surface area contributed by atoms with Crippen LogP contribution in [0.15, 0.2) is 4.79 Å². The molecule has 0 saturated carbocycles. The average Bonchev–Trinajstić information content (AvgIpc) is 2.70. The molecule has 2 rings (SSSR count). The molecular formula is C10H15N5O2. The Hall–Kier alpha value is -1.89. The van der Waals surface area contributed by atoms with Crippen LogP contribution >= 0.6 is 0 Å². The van der Waals surface area contributed by atoms with E-state index in [2.05, 4.69) is 21.9 Å². The van der Waals surface area contributed by atoms with Gasteiger partial charge in [-0.1, -0.05) is 13.3 Å². The van der Waals surface area contributed by atoms with Gasteiger partial charge in [0, 0.05) is 6.42 Å². The number of nitrogen functional groups attached to an aromatic ring is 1. The average molecular weight is 237 g/mol. The van der Waals surface area contributed by atoms with E-state index >= 15 is 0 Å². The molecule has 0 saturated heterocycles. The number of aromatic nitrogens is 4. The van der Waals surface area contributed by atoms with Gasteiger partial charge in [0.15, 0.2) is 11.2 Å². The lowest BCUT2D eigenvalue weighted by Crippen LogP contribution is -2.24. The first-order valence-electron chi connectivity index (χ1n) is 5.53. The third-order valence-corrected chi connectivity index (χ3v) is 2.60. The summed E-state index contributed by atoms with van der Waals surface area (Å²) in [5, 5.41) is 9.02. The molecule has 2 aromatic rings. The van der Waals surface area contributed by atoms with E-state index in [0.717, 1.165) is 29.7 Å². The van der Waals surface area contributed by atoms with Gasteiger partial charge in [-0.05, 0) is 6.42 Å². The second-order valence-corrected chi connectivity index (χ2v) is 3.83. The number of imidazole rings is 1. The van der Waals surface area contributed by atoms with Crippen LogP contribution in [0.1, 0.15) is 25.6 Å². The Labute approximate surface area is 97.3 Å². The Balaban J connectivity index is 2.54. The molecule has 0 aromatic carbocycles. The second kappa shape index (κ2) is 4.54. The smallest absolute Gasteiger partial charge is 0.282 e. The molecule has 0 spiro atoms. The van der Waals surface area contributed by atoms with Gasteiger partial charge >= 0.3 is 0 Å². The molecule has 92 valence electrons. The quantitative estimate of drug-likeness (QED) is 0.693. The van der Waals surface area contributed by atoms with Crippen molar-refractivity contribution in [3.05, 3.63) is 16.2 Å².